The van der Waals surface area contributed by atoms with Gasteiger partial charge in [0.05, 0.1) is 6.61 Å². The molecule has 3 nitrogen and oxygen atoms in total. The van der Waals surface area contributed by atoms with E-state index in [0.717, 1.165) is 12.2 Å². The summed E-state index contributed by atoms with van der Waals surface area (Å²) in [6.07, 6.45) is 0. The quantitative estimate of drug-likeness (QED) is 0.786. The molecular formula is C14H23FN2O. The highest BCUT2D eigenvalue weighted by atomic mass is 19.1. The second-order valence-corrected chi connectivity index (χ2v) is 4.70. The molecule has 18 heavy (non-hydrogen) atoms. The zero-order valence-electron chi connectivity index (χ0n) is 11.4. The number of hydrogen-bond acceptors (Lipinski definition) is 3. The fraction of sp³-hybridized carbons (Fsp3) is 0.571. The number of hydrogen-bond donors (Lipinski definition) is 2. The average molecular weight is 254 g/mol. The van der Waals surface area contributed by atoms with Gasteiger partial charge in [-0.1, -0.05) is 13.8 Å². The molecule has 0 aliphatic rings. The SMILES string of the molecule is CCOc1ccc(NCC(CN)C(C)C)cc1F. The molecular weight excluding hydrogens is 231 g/mol. The number of nitrogens with one attached hydrogen (secondary N) is 1. The molecule has 1 aromatic carbocycles. The lowest BCUT2D eigenvalue weighted by molar-refractivity contribution is 0.321. The highest BCUT2D eigenvalue weighted by Crippen LogP contribution is 2.21. The van der Waals surface area contributed by atoms with Crippen LogP contribution < -0.4 is 15.8 Å². The lowest BCUT2D eigenvalue weighted by Gasteiger charge is -2.20. The second-order valence-electron chi connectivity index (χ2n) is 4.70. The third-order valence-electron chi connectivity index (χ3n) is 3.05. The van der Waals surface area contributed by atoms with Crippen molar-refractivity contribution in [1.82, 2.24) is 0 Å². The number of ether oxygens (including phenoxy) is 1. The normalized spacial score (nSPS) is 12.6. The van der Waals surface area contributed by atoms with E-state index in [0.29, 0.717) is 30.7 Å². The van der Waals surface area contributed by atoms with Gasteiger partial charge >= 0.3 is 0 Å². The van der Waals surface area contributed by atoms with E-state index in [4.69, 9.17) is 10.5 Å². The molecule has 1 atom stereocenters. The van der Waals surface area contributed by atoms with Crippen molar-refractivity contribution in [3.8, 4) is 5.75 Å². The third-order valence-corrected chi connectivity index (χ3v) is 3.05. The minimum atomic E-state index is -0.337. The molecule has 0 radical (unpaired) electrons. The summed E-state index contributed by atoms with van der Waals surface area (Å²) in [5, 5.41) is 3.21. The van der Waals surface area contributed by atoms with Gasteiger partial charge in [-0.25, -0.2) is 4.39 Å². The van der Waals surface area contributed by atoms with Gasteiger partial charge < -0.3 is 15.8 Å². The maximum absolute atomic E-state index is 13.6. The van der Waals surface area contributed by atoms with Crippen molar-refractivity contribution >= 4 is 5.69 Å². The van der Waals surface area contributed by atoms with Crippen molar-refractivity contribution in [2.75, 3.05) is 25.0 Å². The van der Waals surface area contributed by atoms with Crippen molar-refractivity contribution in [3.05, 3.63) is 24.0 Å². The van der Waals surface area contributed by atoms with Crippen LogP contribution >= 0.6 is 0 Å². The Labute approximate surface area is 109 Å². The topological polar surface area (TPSA) is 47.3 Å². The second kappa shape index (κ2) is 7.21. The van der Waals surface area contributed by atoms with Gasteiger partial charge in [0, 0.05) is 18.3 Å². The summed E-state index contributed by atoms with van der Waals surface area (Å²) in [6, 6.07) is 4.93. The first-order valence-electron chi connectivity index (χ1n) is 6.44. The van der Waals surface area contributed by atoms with Crippen LogP contribution in [0.15, 0.2) is 18.2 Å². The zero-order valence-corrected chi connectivity index (χ0v) is 11.4. The lowest BCUT2D eigenvalue weighted by Crippen LogP contribution is -2.27. The van der Waals surface area contributed by atoms with E-state index in [1.807, 2.05) is 13.0 Å². The molecule has 4 heteroatoms. The Morgan fingerprint density at radius 2 is 2.11 bits per heavy atom. The van der Waals surface area contributed by atoms with Crippen LogP contribution in [-0.4, -0.2) is 19.7 Å². The Kier molecular flexibility index (Phi) is 5.92. The Hall–Kier alpha value is -1.29. The molecule has 1 aromatic rings. The molecule has 1 rings (SSSR count). The van der Waals surface area contributed by atoms with Crippen LogP contribution in [0, 0.1) is 17.7 Å². The standard InChI is InChI=1S/C14H23FN2O/c1-4-18-14-6-5-12(7-13(14)15)17-9-11(8-16)10(2)3/h5-7,10-11,17H,4,8-9,16H2,1-3H3. The Morgan fingerprint density at radius 3 is 2.61 bits per heavy atom. The van der Waals surface area contributed by atoms with Crippen LogP contribution in [0.3, 0.4) is 0 Å². The van der Waals surface area contributed by atoms with Crippen molar-refractivity contribution in [3.63, 3.8) is 0 Å². The highest BCUT2D eigenvalue weighted by molar-refractivity contribution is 5.47. The minimum absolute atomic E-state index is 0.294. The van der Waals surface area contributed by atoms with E-state index in [2.05, 4.69) is 19.2 Å². The predicted molar refractivity (Wildman–Crippen MR) is 73.4 cm³/mol. The molecule has 102 valence electrons. The Balaban J connectivity index is 2.60. The van der Waals surface area contributed by atoms with E-state index in [-0.39, 0.29) is 5.82 Å². The van der Waals surface area contributed by atoms with Crippen LogP contribution in [0.25, 0.3) is 0 Å². The first kappa shape index (κ1) is 14.8. The van der Waals surface area contributed by atoms with Crippen molar-refractivity contribution < 1.29 is 9.13 Å². The molecule has 0 spiro atoms. The highest BCUT2D eigenvalue weighted by Gasteiger charge is 2.11. The van der Waals surface area contributed by atoms with Crippen molar-refractivity contribution in [2.24, 2.45) is 17.6 Å². The summed E-state index contributed by atoms with van der Waals surface area (Å²) in [5.74, 6) is 0.854. The fourth-order valence-corrected chi connectivity index (χ4v) is 1.72. The minimum Gasteiger partial charge on any atom is -0.491 e. The fourth-order valence-electron chi connectivity index (χ4n) is 1.72. The maximum atomic E-state index is 13.6. The molecule has 0 saturated heterocycles. The van der Waals surface area contributed by atoms with Gasteiger partial charge in [0.2, 0.25) is 0 Å². The molecule has 0 heterocycles. The molecule has 0 aliphatic heterocycles. The molecule has 0 aromatic heterocycles. The van der Waals surface area contributed by atoms with Crippen LogP contribution in [0.2, 0.25) is 0 Å². The van der Waals surface area contributed by atoms with Crippen LogP contribution in [0.1, 0.15) is 20.8 Å². The third kappa shape index (κ3) is 4.18. The van der Waals surface area contributed by atoms with Gasteiger partial charge in [0.15, 0.2) is 11.6 Å². The lowest BCUT2D eigenvalue weighted by atomic mass is 9.96. The van der Waals surface area contributed by atoms with Gasteiger partial charge in [-0.15, -0.1) is 0 Å². The van der Waals surface area contributed by atoms with Gasteiger partial charge in [0.25, 0.3) is 0 Å². The zero-order chi connectivity index (χ0) is 13.5. The first-order valence-corrected chi connectivity index (χ1v) is 6.44. The maximum Gasteiger partial charge on any atom is 0.167 e. The number of benzene rings is 1. The smallest absolute Gasteiger partial charge is 0.167 e. The summed E-state index contributed by atoms with van der Waals surface area (Å²) in [6.45, 7) is 7.95. The number of nitrogens with two attached hydrogens (primary N) is 1. The molecule has 0 saturated carbocycles. The first-order chi connectivity index (χ1) is 8.58. The van der Waals surface area contributed by atoms with Crippen molar-refractivity contribution in [1.29, 1.82) is 0 Å². The summed E-state index contributed by atoms with van der Waals surface area (Å²) in [4.78, 5) is 0. The van der Waals surface area contributed by atoms with E-state index in [1.54, 1.807) is 6.07 Å². The van der Waals surface area contributed by atoms with Crippen LogP contribution in [0.5, 0.6) is 5.75 Å². The van der Waals surface area contributed by atoms with E-state index in [9.17, 15) is 4.39 Å². The molecule has 0 amide bonds. The number of anilines is 1. The Bertz CT molecular complexity index is 369. The summed E-state index contributed by atoms with van der Waals surface area (Å²) in [7, 11) is 0. The number of halogens is 1. The van der Waals surface area contributed by atoms with E-state index < -0.39 is 0 Å². The van der Waals surface area contributed by atoms with Crippen LogP contribution in [-0.2, 0) is 0 Å². The van der Waals surface area contributed by atoms with E-state index in [1.165, 1.54) is 6.07 Å². The Morgan fingerprint density at radius 1 is 1.39 bits per heavy atom. The van der Waals surface area contributed by atoms with Crippen LogP contribution in [0.4, 0.5) is 10.1 Å². The molecule has 0 fully saturated rings. The monoisotopic (exact) mass is 254 g/mol. The summed E-state index contributed by atoms with van der Waals surface area (Å²) in [5.41, 5.74) is 6.46. The summed E-state index contributed by atoms with van der Waals surface area (Å²) < 4.78 is 18.8. The predicted octanol–water partition coefficient (Wildman–Crippen LogP) is 2.87. The summed E-state index contributed by atoms with van der Waals surface area (Å²) >= 11 is 0. The van der Waals surface area contributed by atoms with E-state index >= 15 is 0 Å². The molecule has 0 bridgehead atoms. The molecule has 3 N–H and O–H groups in total. The average Bonchev–Trinajstić information content (AvgIpc) is 2.33. The van der Waals surface area contributed by atoms with Gasteiger partial charge in [0.1, 0.15) is 0 Å². The van der Waals surface area contributed by atoms with Crippen molar-refractivity contribution in [2.45, 2.75) is 20.8 Å². The van der Waals surface area contributed by atoms with Gasteiger partial charge in [-0.3, -0.25) is 0 Å². The largest absolute Gasteiger partial charge is 0.491 e. The molecule has 0 aliphatic carbocycles. The number of rotatable bonds is 7. The van der Waals surface area contributed by atoms with Gasteiger partial charge in [-0.05, 0) is 37.4 Å². The molecule has 1 unspecified atom stereocenters. The van der Waals surface area contributed by atoms with Gasteiger partial charge in [-0.2, -0.15) is 0 Å².